The molecule has 2 N–H and O–H groups in total. The van der Waals surface area contributed by atoms with E-state index in [1.807, 2.05) is 19.1 Å². The second-order valence-electron chi connectivity index (χ2n) is 7.13. The average Bonchev–Trinajstić information content (AvgIpc) is 2.78. The van der Waals surface area contributed by atoms with Gasteiger partial charge in [-0.05, 0) is 42.8 Å². The lowest BCUT2D eigenvalue weighted by atomic mass is 10.0. The van der Waals surface area contributed by atoms with Crippen LogP contribution in [0.4, 0.5) is 0 Å². The molecule has 1 amide bonds. The number of benzene rings is 2. The fraction of sp³-hybridized carbons (Fsp3) is 0.208. The van der Waals surface area contributed by atoms with E-state index in [9.17, 15) is 14.7 Å². The Morgan fingerprint density at radius 3 is 2.34 bits per heavy atom. The summed E-state index contributed by atoms with van der Waals surface area (Å²) in [6.45, 7) is 1.93. The Bertz CT molecular complexity index is 1130. The molecule has 0 radical (unpaired) electrons. The molecule has 0 saturated heterocycles. The van der Waals surface area contributed by atoms with Crippen LogP contribution in [-0.2, 0) is 4.79 Å². The number of ether oxygens (including phenoxy) is 2. The van der Waals surface area contributed by atoms with Gasteiger partial charge >= 0.3 is 5.97 Å². The van der Waals surface area contributed by atoms with Crippen molar-refractivity contribution in [2.45, 2.75) is 19.4 Å². The van der Waals surface area contributed by atoms with E-state index < -0.39 is 17.9 Å². The third-order valence-electron chi connectivity index (χ3n) is 4.89. The molecule has 3 rings (SSSR count). The van der Waals surface area contributed by atoms with Gasteiger partial charge in [0.2, 0.25) is 0 Å². The standard InChI is InChI=1S/C24H23ClN2O5/c1-14-4-6-15(7-5-14)19(13-22(28)29)27-24(30)18-10-11-20(31-2)23(26-18)17-9-8-16(25)12-21(17)32-3/h4-12,19H,13H2,1-3H3,(H,27,30)(H,28,29). The van der Waals surface area contributed by atoms with Crippen molar-refractivity contribution in [2.75, 3.05) is 14.2 Å². The fourth-order valence-corrected chi connectivity index (χ4v) is 3.41. The van der Waals surface area contributed by atoms with Crippen molar-refractivity contribution in [3.8, 4) is 22.8 Å². The van der Waals surface area contributed by atoms with Gasteiger partial charge in [0.15, 0.2) is 0 Å². The van der Waals surface area contributed by atoms with Gasteiger partial charge in [-0.3, -0.25) is 9.59 Å². The maximum atomic E-state index is 13.0. The predicted molar refractivity (Wildman–Crippen MR) is 121 cm³/mol. The minimum absolute atomic E-state index is 0.111. The first-order chi connectivity index (χ1) is 15.3. The van der Waals surface area contributed by atoms with Crippen LogP contribution in [0, 0.1) is 6.92 Å². The molecule has 0 aliphatic carbocycles. The molecule has 7 nitrogen and oxygen atoms in total. The number of hydrogen-bond donors (Lipinski definition) is 2. The molecule has 8 heteroatoms. The number of rotatable bonds is 8. The zero-order valence-corrected chi connectivity index (χ0v) is 18.6. The highest BCUT2D eigenvalue weighted by Crippen LogP contribution is 2.36. The van der Waals surface area contributed by atoms with Crippen LogP contribution in [0.3, 0.4) is 0 Å². The molecule has 1 atom stereocenters. The lowest BCUT2D eigenvalue weighted by Gasteiger charge is -2.18. The van der Waals surface area contributed by atoms with Gasteiger partial charge in [0, 0.05) is 10.6 Å². The van der Waals surface area contributed by atoms with E-state index in [0.717, 1.165) is 5.56 Å². The summed E-state index contributed by atoms with van der Waals surface area (Å²) >= 11 is 6.06. The van der Waals surface area contributed by atoms with Crippen LogP contribution in [-0.4, -0.2) is 36.2 Å². The highest BCUT2D eigenvalue weighted by molar-refractivity contribution is 6.30. The molecule has 1 unspecified atom stereocenters. The van der Waals surface area contributed by atoms with Gasteiger partial charge in [0.25, 0.3) is 5.91 Å². The maximum Gasteiger partial charge on any atom is 0.305 e. The second-order valence-corrected chi connectivity index (χ2v) is 7.56. The first-order valence-electron chi connectivity index (χ1n) is 9.80. The third-order valence-corrected chi connectivity index (χ3v) is 5.13. The number of nitrogens with zero attached hydrogens (tertiary/aromatic N) is 1. The van der Waals surface area contributed by atoms with E-state index in [0.29, 0.717) is 33.3 Å². The van der Waals surface area contributed by atoms with Crippen molar-refractivity contribution >= 4 is 23.5 Å². The normalized spacial score (nSPS) is 11.5. The lowest BCUT2D eigenvalue weighted by molar-refractivity contribution is -0.137. The van der Waals surface area contributed by atoms with E-state index >= 15 is 0 Å². The molecule has 0 bridgehead atoms. The number of halogens is 1. The van der Waals surface area contributed by atoms with Crippen LogP contribution in [0.1, 0.15) is 34.1 Å². The highest BCUT2D eigenvalue weighted by Gasteiger charge is 2.22. The Labute approximate surface area is 191 Å². The number of nitrogens with one attached hydrogen (secondary N) is 1. The predicted octanol–water partition coefficient (Wildman–Crippen LogP) is 4.67. The van der Waals surface area contributed by atoms with E-state index in [1.54, 1.807) is 36.4 Å². The van der Waals surface area contributed by atoms with E-state index in [2.05, 4.69) is 10.3 Å². The van der Waals surface area contributed by atoms with E-state index in [-0.39, 0.29) is 12.1 Å². The summed E-state index contributed by atoms with van der Waals surface area (Å²) in [6, 6.07) is 14.8. The minimum atomic E-state index is -1.02. The Hall–Kier alpha value is -3.58. The van der Waals surface area contributed by atoms with Gasteiger partial charge in [0.05, 0.1) is 26.7 Å². The summed E-state index contributed by atoms with van der Waals surface area (Å²) in [7, 11) is 3.01. The first-order valence-corrected chi connectivity index (χ1v) is 10.2. The first kappa shape index (κ1) is 23.1. The number of aromatic nitrogens is 1. The number of amides is 1. The molecule has 2 aromatic carbocycles. The zero-order valence-electron chi connectivity index (χ0n) is 17.9. The SMILES string of the molecule is COc1cc(Cl)ccc1-c1nc(C(=O)NC(CC(=O)O)c2ccc(C)cc2)ccc1OC. The van der Waals surface area contributed by atoms with Crippen LogP contribution in [0.2, 0.25) is 5.02 Å². The number of pyridine rings is 1. The largest absolute Gasteiger partial charge is 0.496 e. The van der Waals surface area contributed by atoms with Crippen molar-refractivity contribution in [1.29, 1.82) is 0 Å². The molecule has 1 aromatic heterocycles. The number of hydrogen-bond acceptors (Lipinski definition) is 5. The molecule has 0 saturated carbocycles. The minimum Gasteiger partial charge on any atom is -0.496 e. The fourth-order valence-electron chi connectivity index (χ4n) is 3.25. The smallest absolute Gasteiger partial charge is 0.305 e. The number of aryl methyl sites for hydroxylation is 1. The van der Waals surface area contributed by atoms with Crippen LogP contribution in [0.25, 0.3) is 11.3 Å². The monoisotopic (exact) mass is 454 g/mol. The molecular weight excluding hydrogens is 432 g/mol. The summed E-state index contributed by atoms with van der Waals surface area (Å²) < 4.78 is 10.8. The summed E-state index contributed by atoms with van der Waals surface area (Å²) in [4.78, 5) is 28.9. The number of carboxylic acid groups (broad SMARTS) is 1. The summed E-state index contributed by atoms with van der Waals surface area (Å²) in [5, 5.41) is 12.6. The number of carbonyl (C=O) groups excluding carboxylic acids is 1. The van der Waals surface area contributed by atoms with Crippen molar-refractivity contribution in [3.63, 3.8) is 0 Å². The van der Waals surface area contributed by atoms with Crippen molar-refractivity contribution in [2.24, 2.45) is 0 Å². The second kappa shape index (κ2) is 10.2. The van der Waals surface area contributed by atoms with Crippen molar-refractivity contribution in [1.82, 2.24) is 10.3 Å². The summed E-state index contributed by atoms with van der Waals surface area (Å²) in [6.07, 6.45) is -0.261. The van der Waals surface area contributed by atoms with Crippen LogP contribution < -0.4 is 14.8 Å². The van der Waals surface area contributed by atoms with Crippen molar-refractivity contribution in [3.05, 3.63) is 76.4 Å². The lowest BCUT2D eigenvalue weighted by Crippen LogP contribution is -2.31. The van der Waals surface area contributed by atoms with Gasteiger partial charge < -0.3 is 19.9 Å². The molecular formula is C24H23ClN2O5. The Morgan fingerprint density at radius 2 is 1.72 bits per heavy atom. The molecule has 32 heavy (non-hydrogen) atoms. The molecule has 0 aliphatic rings. The number of methoxy groups -OCH3 is 2. The molecule has 0 fully saturated rings. The van der Waals surface area contributed by atoms with Gasteiger partial charge in [-0.1, -0.05) is 41.4 Å². The van der Waals surface area contributed by atoms with Crippen LogP contribution in [0.15, 0.2) is 54.6 Å². The molecule has 166 valence electrons. The Balaban J connectivity index is 1.96. The molecule has 3 aromatic rings. The molecule has 0 aliphatic heterocycles. The topological polar surface area (TPSA) is 97.8 Å². The van der Waals surface area contributed by atoms with E-state index in [1.165, 1.54) is 20.3 Å². The van der Waals surface area contributed by atoms with Crippen LogP contribution >= 0.6 is 11.6 Å². The number of aliphatic carboxylic acids is 1. The quantitative estimate of drug-likeness (QED) is 0.513. The highest BCUT2D eigenvalue weighted by atomic mass is 35.5. The van der Waals surface area contributed by atoms with E-state index in [4.69, 9.17) is 21.1 Å². The van der Waals surface area contributed by atoms with Gasteiger partial charge in [-0.15, -0.1) is 0 Å². The molecule has 0 spiro atoms. The Morgan fingerprint density at radius 1 is 1.03 bits per heavy atom. The number of carboxylic acids is 1. The Kier molecular flexibility index (Phi) is 7.33. The number of carbonyl (C=O) groups is 2. The van der Waals surface area contributed by atoms with Crippen molar-refractivity contribution < 1.29 is 24.2 Å². The van der Waals surface area contributed by atoms with Crippen LogP contribution in [0.5, 0.6) is 11.5 Å². The average molecular weight is 455 g/mol. The van der Waals surface area contributed by atoms with Gasteiger partial charge in [0.1, 0.15) is 22.9 Å². The molecule has 1 heterocycles. The maximum absolute atomic E-state index is 13.0. The third kappa shape index (κ3) is 5.36. The van der Waals surface area contributed by atoms with Gasteiger partial charge in [-0.2, -0.15) is 0 Å². The van der Waals surface area contributed by atoms with Gasteiger partial charge in [-0.25, -0.2) is 4.98 Å². The summed E-state index contributed by atoms with van der Waals surface area (Å²) in [5.74, 6) is -0.606. The summed E-state index contributed by atoms with van der Waals surface area (Å²) in [5.41, 5.74) is 2.84. The zero-order chi connectivity index (χ0) is 23.3.